The smallest absolute Gasteiger partial charge is 0.332 e. The van der Waals surface area contributed by atoms with Gasteiger partial charge in [0.05, 0.1) is 11.6 Å². The SMILES string of the molecule is CCC(C)[C@@H]1CC(=O)[C@@H]2CCN(C2)C(=O)C(Cc2cccc(Br)c2)N(C)C(=O)[C@H](Cc2ccccc2)NC(=O)[C@H](C(C)C)N(C)C(=O)[C@@H](C(C)CC)OC(=O)[C@H](C(C)(C)O)N(C)C(=O)[C@H](CC(C)C)CC(=O)[C@H](C(C)C)N(C)C1=O. The molecule has 0 aromatic heterocycles. The number of cyclic esters (lactones) is 1. The van der Waals surface area contributed by atoms with Gasteiger partial charge in [-0.15, -0.1) is 0 Å². The Morgan fingerprint density at radius 2 is 1.25 bits per heavy atom. The van der Waals surface area contributed by atoms with Crippen molar-refractivity contribution in [3.8, 4) is 0 Å². The van der Waals surface area contributed by atoms with Crippen molar-refractivity contribution in [1.82, 2.24) is 29.8 Å². The van der Waals surface area contributed by atoms with E-state index in [9.17, 15) is 38.7 Å². The normalized spacial score (nSPS) is 26.5. The molecular formula is C62H93BrN6O11. The number of nitrogens with zero attached hydrogens (tertiary/aromatic N) is 5. The third-order valence-electron chi connectivity index (χ3n) is 16.6. The Balaban J connectivity index is 1.94. The Morgan fingerprint density at radius 1 is 0.662 bits per heavy atom. The summed E-state index contributed by atoms with van der Waals surface area (Å²) in [6.07, 6.45) is -0.389. The summed E-state index contributed by atoms with van der Waals surface area (Å²) in [7, 11) is 5.85. The lowest BCUT2D eigenvalue weighted by atomic mass is 9.82. The van der Waals surface area contributed by atoms with Crippen molar-refractivity contribution in [2.45, 2.75) is 176 Å². The van der Waals surface area contributed by atoms with Crippen LogP contribution in [0.15, 0.2) is 59.1 Å². The Hall–Kier alpha value is -5.49. The molecule has 0 spiro atoms. The van der Waals surface area contributed by atoms with E-state index in [1.807, 2.05) is 96.1 Å². The number of halogens is 1. The molecule has 0 saturated carbocycles. The fraction of sp³-hybridized carbons (Fsp3) is 0.661. The molecule has 2 aromatic rings. The van der Waals surface area contributed by atoms with Crippen LogP contribution in [0.1, 0.15) is 133 Å². The molecule has 6 amide bonds. The third kappa shape index (κ3) is 17.0. The fourth-order valence-corrected chi connectivity index (χ4v) is 12.1. The molecule has 0 aliphatic carbocycles. The number of fused-ring (bicyclic) bond motifs is 2. The highest BCUT2D eigenvalue weighted by molar-refractivity contribution is 9.10. The van der Waals surface area contributed by atoms with E-state index < -0.39 is 119 Å². The van der Waals surface area contributed by atoms with Gasteiger partial charge in [-0.3, -0.25) is 38.4 Å². The Labute approximate surface area is 484 Å². The van der Waals surface area contributed by atoms with Gasteiger partial charge in [-0.05, 0) is 80.0 Å². The number of hydrogen-bond donors (Lipinski definition) is 2. The van der Waals surface area contributed by atoms with E-state index in [1.54, 1.807) is 39.6 Å². The molecule has 2 aliphatic heterocycles. The number of benzene rings is 2. The molecule has 4 rings (SSSR count). The van der Waals surface area contributed by atoms with E-state index in [0.29, 0.717) is 24.8 Å². The van der Waals surface area contributed by atoms with Gasteiger partial charge < -0.3 is 39.7 Å². The molecule has 2 aromatic carbocycles. The van der Waals surface area contributed by atoms with Crippen LogP contribution in [0.5, 0.6) is 0 Å². The highest BCUT2D eigenvalue weighted by Gasteiger charge is 2.47. The number of amides is 6. The molecule has 444 valence electrons. The van der Waals surface area contributed by atoms with E-state index in [2.05, 4.69) is 21.2 Å². The number of hydrogen-bond acceptors (Lipinski definition) is 11. The molecule has 2 N–H and O–H groups in total. The average molecular weight is 1180 g/mol. The van der Waals surface area contributed by atoms with Crippen LogP contribution in [-0.2, 0) is 60.7 Å². The van der Waals surface area contributed by atoms with Crippen molar-refractivity contribution < 1.29 is 53.0 Å². The van der Waals surface area contributed by atoms with E-state index in [0.717, 1.165) is 14.9 Å². The van der Waals surface area contributed by atoms with Gasteiger partial charge in [0.2, 0.25) is 29.5 Å². The predicted molar refractivity (Wildman–Crippen MR) is 311 cm³/mol. The van der Waals surface area contributed by atoms with Crippen LogP contribution in [0.4, 0.5) is 0 Å². The van der Waals surface area contributed by atoms with Crippen molar-refractivity contribution in [3.63, 3.8) is 0 Å². The lowest BCUT2D eigenvalue weighted by Crippen LogP contribution is -2.61. The zero-order chi connectivity index (χ0) is 60.2. The number of likely N-dealkylation sites (N-methyl/N-ethyl adjacent to an activating group) is 4. The van der Waals surface area contributed by atoms with Gasteiger partial charge in [-0.25, -0.2) is 4.79 Å². The molecule has 2 fully saturated rings. The number of ether oxygens (including phenoxy) is 1. The summed E-state index contributed by atoms with van der Waals surface area (Å²) in [5.74, 6) is -9.50. The summed E-state index contributed by atoms with van der Waals surface area (Å²) in [4.78, 5) is 141. The first-order valence-corrected chi connectivity index (χ1v) is 29.6. The number of Topliss-reactive ketones (excluding diaryl/α,β-unsaturated/α-hetero) is 2. The molecule has 17 nitrogen and oxygen atoms in total. The number of nitrogens with one attached hydrogen (secondary N) is 1. The maximum absolute atomic E-state index is 15.3. The van der Waals surface area contributed by atoms with E-state index in [4.69, 9.17) is 4.74 Å². The standard InChI is InChI=1S/C62H93BrN6O11/c1-17-39(9)46-34-49(70)43-27-28-69(35-43)59(76)48(32-42-25-22-26-45(63)30-42)65(13)58(75)47(31-41-23-20-19-21-24-41)64-55(72)52(38(7)8)67(15)60(77)53(40(10)18-2)80-61(78)54(62(11,12)79)68(16)56(73)44(29-36(3)4)33-50(71)51(37(5)6)66(14)57(46)74/h19-26,30,36-40,43-44,46-48,51-54,79H,17-18,27-29,31-35H2,1-16H3,(H,64,72)/t39?,40?,43-,44-,46+,47+,48?,51+,52+,53-,54-/m1/s1. The van der Waals surface area contributed by atoms with E-state index in [1.165, 1.54) is 49.7 Å². The molecular weight excluding hydrogens is 1080 g/mol. The van der Waals surface area contributed by atoms with E-state index in [-0.39, 0.29) is 68.6 Å². The van der Waals surface area contributed by atoms with Crippen LogP contribution >= 0.6 is 15.9 Å². The first kappa shape index (κ1) is 67.0. The zero-order valence-electron chi connectivity index (χ0n) is 50.5. The monoisotopic (exact) mass is 1180 g/mol. The summed E-state index contributed by atoms with van der Waals surface area (Å²) < 4.78 is 6.89. The van der Waals surface area contributed by atoms with Crippen molar-refractivity contribution in [2.24, 2.45) is 47.3 Å². The number of ketones is 2. The minimum absolute atomic E-state index is 0.0172. The summed E-state index contributed by atoms with van der Waals surface area (Å²) >= 11 is 3.54. The molecule has 80 heavy (non-hydrogen) atoms. The van der Waals surface area contributed by atoms with Crippen molar-refractivity contribution in [1.29, 1.82) is 0 Å². The quantitative estimate of drug-likeness (QED) is 0.192. The molecule has 2 aliphatic rings. The van der Waals surface area contributed by atoms with Gasteiger partial charge in [0.1, 0.15) is 23.9 Å². The number of rotatable bonds is 13. The van der Waals surface area contributed by atoms with E-state index >= 15 is 9.59 Å². The maximum Gasteiger partial charge on any atom is 0.332 e. The molecule has 2 heterocycles. The fourth-order valence-electron chi connectivity index (χ4n) is 11.7. The number of carbonyl (C=O) groups is 9. The Kier molecular flexibility index (Phi) is 24.7. The van der Waals surface area contributed by atoms with Crippen LogP contribution < -0.4 is 5.32 Å². The highest BCUT2D eigenvalue weighted by Crippen LogP contribution is 2.32. The van der Waals surface area contributed by atoms with Gasteiger partial charge >= 0.3 is 5.97 Å². The van der Waals surface area contributed by atoms with Crippen molar-refractivity contribution >= 4 is 68.9 Å². The molecule has 0 radical (unpaired) electrons. The summed E-state index contributed by atoms with van der Waals surface area (Å²) in [6.45, 7) is 21.2. The van der Waals surface area contributed by atoms with Crippen LogP contribution in [0, 0.1) is 47.3 Å². The zero-order valence-corrected chi connectivity index (χ0v) is 52.1. The lowest BCUT2D eigenvalue weighted by molar-refractivity contribution is -0.178. The second-order valence-electron chi connectivity index (χ2n) is 24.5. The second kappa shape index (κ2) is 29.5. The van der Waals surface area contributed by atoms with Gasteiger partial charge in [0.25, 0.3) is 5.91 Å². The topological polar surface area (TPSA) is 211 Å². The Morgan fingerprint density at radius 3 is 1.80 bits per heavy atom. The summed E-state index contributed by atoms with van der Waals surface area (Å²) in [6, 6.07) is 10.2. The number of carbonyl (C=O) groups excluding carboxylic acids is 9. The molecule has 18 heteroatoms. The molecule has 3 unspecified atom stereocenters. The van der Waals surface area contributed by atoms with Crippen molar-refractivity contribution in [2.75, 3.05) is 41.3 Å². The summed E-state index contributed by atoms with van der Waals surface area (Å²) in [5, 5.41) is 14.7. The van der Waals surface area contributed by atoms with Crippen LogP contribution in [0.3, 0.4) is 0 Å². The molecule has 2 saturated heterocycles. The van der Waals surface area contributed by atoms with Crippen LogP contribution in [-0.4, -0.2) is 166 Å². The third-order valence-corrected chi connectivity index (χ3v) is 17.1. The average Bonchev–Trinajstić information content (AvgIpc) is 3.89. The first-order chi connectivity index (χ1) is 37.4. The van der Waals surface area contributed by atoms with Crippen molar-refractivity contribution in [3.05, 3.63) is 70.2 Å². The maximum atomic E-state index is 15.3. The number of aliphatic hydroxyl groups is 1. The van der Waals surface area contributed by atoms with Crippen LogP contribution in [0.2, 0.25) is 0 Å². The molecule has 11 atom stereocenters. The second-order valence-corrected chi connectivity index (χ2v) is 25.4. The predicted octanol–water partition coefficient (Wildman–Crippen LogP) is 7.17. The largest absolute Gasteiger partial charge is 0.450 e. The summed E-state index contributed by atoms with van der Waals surface area (Å²) in [5.41, 5.74) is -0.483. The molecule has 2 bridgehead atoms. The minimum Gasteiger partial charge on any atom is -0.450 e. The van der Waals surface area contributed by atoms with Gasteiger partial charge in [0.15, 0.2) is 17.9 Å². The van der Waals surface area contributed by atoms with Crippen LogP contribution in [0.25, 0.3) is 0 Å². The van der Waals surface area contributed by atoms with Gasteiger partial charge in [-0.1, -0.05) is 134 Å². The van der Waals surface area contributed by atoms with Gasteiger partial charge in [0, 0.05) is 95.1 Å². The van der Waals surface area contributed by atoms with Gasteiger partial charge in [-0.2, -0.15) is 0 Å². The number of esters is 1. The minimum atomic E-state index is -1.94. The highest BCUT2D eigenvalue weighted by atomic mass is 79.9. The first-order valence-electron chi connectivity index (χ1n) is 28.8. The lowest BCUT2D eigenvalue weighted by Gasteiger charge is -2.39. The Bertz CT molecular complexity index is 2500.